The van der Waals surface area contributed by atoms with Gasteiger partial charge in [-0.1, -0.05) is 37.3 Å². The summed E-state index contributed by atoms with van der Waals surface area (Å²) in [6, 6.07) is 12.5. The highest BCUT2D eigenvalue weighted by atomic mass is 19.1. The van der Waals surface area contributed by atoms with Crippen molar-refractivity contribution in [2.45, 2.75) is 52.8 Å². The third kappa shape index (κ3) is 8.46. The smallest absolute Gasteiger partial charge is 0.344 e. The van der Waals surface area contributed by atoms with Gasteiger partial charge in [0.2, 0.25) is 5.91 Å². The largest absolute Gasteiger partial charge is 0.479 e. The average molecular weight is 623 g/mol. The number of nitrogens with zero attached hydrogens (tertiary/aromatic N) is 5. The van der Waals surface area contributed by atoms with Crippen LogP contribution in [-0.2, 0) is 38.6 Å². The van der Waals surface area contributed by atoms with Gasteiger partial charge in [0, 0.05) is 44.1 Å². The Morgan fingerprint density at radius 3 is 2.62 bits per heavy atom. The monoisotopic (exact) mass is 622 g/mol. The van der Waals surface area contributed by atoms with E-state index in [9.17, 15) is 9.59 Å². The molecule has 2 N–H and O–H groups in total. The molecule has 45 heavy (non-hydrogen) atoms. The minimum atomic E-state index is -0.617. The summed E-state index contributed by atoms with van der Waals surface area (Å²) in [7, 11) is 3.51. The summed E-state index contributed by atoms with van der Waals surface area (Å²) in [4.78, 5) is 38.3. The molecule has 0 unspecified atom stereocenters. The summed E-state index contributed by atoms with van der Waals surface area (Å²) >= 11 is 0. The van der Waals surface area contributed by atoms with Gasteiger partial charge in [-0.3, -0.25) is 9.69 Å². The molecule has 4 rings (SSSR count). The number of pyridine rings is 1. The molecule has 2 aromatic carbocycles. The number of hydrogen-bond donors (Lipinski definition) is 1. The second kappa shape index (κ2) is 15.6. The van der Waals surface area contributed by atoms with Gasteiger partial charge in [-0.15, -0.1) is 0 Å². The van der Waals surface area contributed by atoms with E-state index in [0.717, 1.165) is 22.2 Å². The molecule has 242 valence electrons. The third-order valence-electron chi connectivity index (χ3n) is 7.44. The minimum absolute atomic E-state index is 0.0386. The fourth-order valence-corrected chi connectivity index (χ4v) is 5.11. The first-order valence-corrected chi connectivity index (χ1v) is 15.2. The van der Waals surface area contributed by atoms with Crippen LogP contribution in [0.15, 0.2) is 42.5 Å². The van der Waals surface area contributed by atoms with Crippen LogP contribution in [0.25, 0.3) is 21.9 Å². The molecule has 11 nitrogen and oxygen atoms in total. The lowest BCUT2D eigenvalue weighted by molar-refractivity contribution is -0.149. The summed E-state index contributed by atoms with van der Waals surface area (Å²) < 4.78 is 33.5. The summed E-state index contributed by atoms with van der Waals surface area (Å²) in [6.45, 7) is 7.32. The molecule has 2 heterocycles. The van der Waals surface area contributed by atoms with E-state index in [1.54, 1.807) is 38.0 Å². The predicted molar refractivity (Wildman–Crippen MR) is 171 cm³/mol. The first-order valence-electron chi connectivity index (χ1n) is 15.2. The summed E-state index contributed by atoms with van der Waals surface area (Å²) in [5.74, 6) is -0.232. The number of ether oxygens (including phenoxy) is 3. The van der Waals surface area contributed by atoms with Crippen molar-refractivity contribution in [3.63, 3.8) is 0 Å². The lowest BCUT2D eigenvalue weighted by Crippen LogP contribution is -2.39. The Morgan fingerprint density at radius 1 is 1.11 bits per heavy atom. The van der Waals surface area contributed by atoms with E-state index in [1.165, 1.54) is 6.07 Å². The van der Waals surface area contributed by atoms with Gasteiger partial charge in [-0.2, -0.15) is 0 Å². The van der Waals surface area contributed by atoms with Crippen LogP contribution >= 0.6 is 0 Å². The number of hydrogen-bond acceptors (Lipinski definition) is 9. The van der Waals surface area contributed by atoms with E-state index in [2.05, 4.69) is 9.55 Å². The van der Waals surface area contributed by atoms with E-state index in [4.69, 9.17) is 24.9 Å². The van der Waals surface area contributed by atoms with Gasteiger partial charge in [0.15, 0.2) is 24.0 Å². The van der Waals surface area contributed by atoms with E-state index in [-0.39, 0.29) is 36.4 Å². The Bertz CT molecular complexity index is 1620. The fraction of sp³-hybridized carbons (Fsp3) is 0.455. The molecule has 4 aromatic rings. The number of imidazole rings is 1. The summed E-state index contributed by atoms with van der Waals surface area (Å²) in [5, 5.41) is 0.937. The number of methoxy groups -OCH3 is 1. The topological polar surface area (TPSA) is 125 Å². The van der Waals surface area contributed by atoms with Crippen LogP contribution in [-0.4, -0.2) is 89.3 Å². The average Bonchev–Trinajstić information content (AvgIpc) is 3.38. The highest BCUT2D eigenvalue weighted by molar-refractivity contribution is 6.06. The third-order valence-corrected chi connectivity index (χ3v) is 7.44. The van der Waals surface area contributed by atoms with Crippen LogP contribution in [0.4, 0.5) is 10.2 Å². The molecule has 0 spiro atoms. The standard InChI is InChI=1S/C33H43FN6O5/c1-6-38(4)20-28(41)39(19-23-11-9-14-26(30(23)34)44-21-29(42)45-22(2)3)16-10-17-40-27(15-18-43-5)37-31-32(40)24-12-7-8-13-25(24)36-33(31)35/h7-9,11-14,22H,6,10,15-21H2,1-5H3,(H2,35,36). The quantitative estimate of drug-likeness (QED) is 0.183. The number of likely N-dealkylation sites (N-methyl/N-ethyl adjacent to an activating group) is 1. The highest BCUT2D eigenvalue weighted by Gasteiger charge is 2.21. The summed E-state index contributed by atoms with van der Waals surface area (Å²) in [5.41, 5.74) is 8.92. The highest BCUT2D eigenvalue weighted by Crippen LogP contribution is 2.29. The van der Waals surface area contributed by atoms with Gasteiger partial charge in [0.25, 0.3) is 0 Å². The maximum atomic E-state index is 15.5. The maximum Gasteiger partial charge on any atom is 0.344 e. The molecule has 0 aliphatic heterocycles. The Hall–Kier alpha value is -4.29. The first kappa shape index (κ1) is 33.6. The Morgan fingerprint density at radius 2 is 1.89 bits per heavy atom. The Labute approximate surface area is 263 Å². The number of carbonyl (C=O) groups is 2. The number of esters is 1. The van der Waals surface area contributed by atoms with Crippen LogP contribution < -0.4 is 10.5 Å². The fourth-order valence-electron chi connectivity index (χ4n) is 5.11. The normalized spacial score (nSPS) is 11.6. The van der Waals surface area contributed by atoms with E-state index in [0.29, 0.717) is 50.4 Å². The van der Waals surface area contributed by atoms with Crippen LogP contribution in [0.5, 0.6) is 5.75 Å². The van der Waals surface area contributed by atoms with Crippen molar-refractivity contribution in [1.29, 1.82) is 0 Å². The number of para-hydroxylation sites is 1. The molecule has 0 saturated heterocycles. The van der Waals surface area contributed by atoms with Crippen molar-refractivity contribution in [3.8, 4) is 5.75 Å². The molecule has 2 aromatic heterocycles. The SMILES string of the molecule is CCN(C)CC(=O)N(CCCn1c(CCOC)nc2c(N)nc3ccccc3c21)Cc1cccc(OCC(=O)OC(C)C)c1F. The van der Waals surface area contributed by atoms with E-state index in [1.807, 2.05) is 43.1 Å². The number of nitrogen functional groups attached to an aromatic ring is 1. The van der Waals surface area contributed by atoms with Gasteiger partial charge in [0.1, 0.15) is 11.3 Å². The van der Waals surface area contributed by atoms with Crippen molar-refractivity contribution in [1.82, 2.24) is 24.3 Å². The zero-order valence-corrected chi connectivity index (χ0v) is 26.7. The van der Waals surface area contributed by atoms with Gasteiger partial charge in [-0.25, -0.2) is 19.2 Å². The van der Waals surface area contributed by atoms with Crippen LogP contribution in [0.2, 0.25) is 0 Å². The molecule has 0 aliphatic rings. The molecular weight excluding hydrogens is 579 g/mol. The summed E-state index contributed by atoms with van der Waals surface area (Å²) in [6.07, 6.45) is 0.843. The number of anilines is 1. The zero-order valence-electron chi connectivity index (χ0n) is 26.7. The maximum absolute atomic E-state index is 15.5. The molecule has 1 amide bonds. The predicted octanol–water partition coefficient (Wildman–Crippen LogP) is 4.20. The van der Waals surface area contributed by atoms with Crippen molar-refractivity contribution in [2.24, 2.45) is 0 Å². The lowest BCUT2D eigenvalue weighted by Gasteiger charge is -2.26. The molecule has 0 aliphatic carbocycles. The number of aromatic nitrogens is 3. The van der Waals surface area contributed by atoms with Gasteiger partial charge in [0.05, 0.1) is 30.3 Å². The Balaban J connectivity index is 1.58. The van der Waals surface area contributed by atoms with E-state index < -0.39 is 18.4 Å². The number of rotatable bonds is 16. The van der Waals surface area contributed by atoms with Gasteiger partial charge < -0.3 is 29.4 Å². The molecule has 0 bridgehead atoms. The number of benzene rings is 2. The molecule has 0 radical (unpaired) electrons. The second-order valence-corrected chi connectivity index (χ2v) is 11.2. The van der Waals surface area contributed by atoms with Crippen molar-refractivity contribution in [3.05, 3.63) is 59.7 Å². The van der Waals surface area contributed by atoms with Gasteiger partial charge in [-0.05, 0) is 46.0 Å². The van der Waals surface area contributed by atoms with Crippen molar-refractivity contribution >= 4 is 39.6 Å². The van der Waals surface area contributed by atoms with Crippen LogP contribution in [0.3, 0.4) is 0 Å². The van der Waals surface area contributed by atoms with Crippen molar-refractivity contribution < 1.29 is 28.2 Å². The van der Waals surface area contributed by atoms with Crippen LogP contribution in [0, 0.1) is 5.82 Å². The molecular formula is C33H43FN6O5. The number of halogens is 1. The van der Waals surface area contributed by atoms with E-state index >= 15 is 4.39 Å². The molecule has 12 heteroatoms. The number of carbonyl (C=O) groups excluding carboxylic acids is 2. The number of fused-ring (bicyclic) bond motifs is 3. The van der Waals surface area contributed by atoms with Crippen molar-refractivity contribution in [2.75, 3.05) is 52.7 Å². The minimum Gasteiger partial charge on any atom is -0.479 e. The number of amides is 1. The molecule has 0 saturated carbocycles. The Kier molecular flexibility index (Phi) is 11.7. The first-order chi connectivity index (χ1) is 21.6. The zero-order chi connectivity index (χ0) is 32.5. The number of nitrogens with two attached hydrogens (primary N) is 1. The van der Waals surface area contributed by atoms with Crippen LogP contribution in [0.1, 0.15) is 38.6 Å². The van der Waals surface area contributed by atoms with Gasteiger partial charge >= 0.3 is 5.97 Å². The lowest BCUT2D eigenvalue weighted by atomic mass is 10.1. The number of aryl methyl sites for hydroxylation is 1. The molecule has 0 fully saturated rings. The second-order valence-electron chi connectivity index (χ2n) is 11.2. The molecule has 0 atom stereocenters.